The summed E-state index contributed by atoms with van der Waals surface area (Å²) in [4.78, 5) is 21.5. The molecule has 0 aromatic carbocycles. The molecule has 0 bridgehead atoms. The molecule has 4 heteroatoms. The molecular formula is C8H14O4. The molecule has 0 amide bonds. The Hall–Kier alpha value is -1.06. The van der Waals surface area contributed by atoms with E-state index in [4.69, 9.17) is 4.74 Å². The van der Waals surface area contributed by atoms with Gasteiger partial charge in [-0.3, -0.25) is 9.59 Å². The molecule has 0 fully saturated rings. The highest BCUT2D eigenvalue weighted by atomic mass is 16.6. The summed E-state index contributed by atoms with van der Waals surface area (Å²) in [6.45, 7) is 5.42. The van der Waals surface area contributed by atoms with Gasteiger partial charge < -0.3 is 9.47 Å². The number of hydrogen-bond donors (Lipinski definition) is 0. The first kappa shape index (κ1) is 10.9. The molecule has 0 aliphatic carbocycles. The quantitative estimate of drug-likeness (QED) is 0.469. The lowest BCUT2D eigenvalue weighted by molar-refractivity contribution is -0.156. The molecule has 0 heterocycles. The van der Waals surface area contributed by atoms with E-state index in [1.54, 1.807) is 20.8 Å². The fourth-order valence-electron chi connectivity index (χ4n) is 0.634. The zero-order chi connectivity index (χ0) is 9.56. The Morgan fingerprint density at radius 2 is 1.83 bits per heavy atom. The van der Waals surface area contributed by atoms with Crippen LogP contribution in [0.25, 0.3) is 0 Å². The van der Waals surface area contributed by atoms with Crippen LogP contribution in [0.5, 0.6) is 0 Å². The predicted molar refractivity (Wildman–Crippen MR) is 42.5 cm³/mol. The van der Waals surface area contributed by atoms with E-state index in [1.165, 1.54) is 0 Å². The maximum Gasteiger partial charge on any atom is 0.317 e. The van der Waals surface area contributed by atoms with Gasteiger partial charge in [0, 0.05) is 0 Å². The molecule has 0 aromatic rings. The molecule has 0 spiro atoms. The van der Waals surface area contributed by atoms with E-state index < -0.39 is 11.9 Å². The molecule has 0 radical (unpaired) electrons. The average molecular weight is 174 g/mol. The minimum Gasteiger partial charge on any atom is -0.466 e. The van der Waals surface area contributed by atoms with Gasteiger partial charge in [0.05, 0.1) is 12.7 Å². The minimum atomic E-state index is -0.539. The van der Waals surface area contributed by atoms with Crippen LogP contribution in [0.3, 0.4) is 0 Å². The second-order valence-corrected chi connectivity index (χ2v) is 2.52. The first-order valence-corrected chi connectivity index (χ1v) is 3.91. The summed E-state index contributed by atoms with van der Waals surface area (Å²) in [5.41, 5.74) is 0. The highest BCUT2D eigenvalue weighted by Crippen LogP contribution is 1.94. The van der Waals surface area contributed by atoms with Crippen LogP contribution in [-0.4, -0.2) is 24.6 Å². The van der Waals surface area contributed by atoms with E-state index in [2.05, 4.69) is 4.74 Å². The Morgan fingerprint density at radius 3 is 2.25 bits per heavy atom. The maximum atomic E-state index is 10.8. The third kappa shape index (κ3) is 5.70. The van der Waals surface area contributed by atoms with Gasteiger partial charge in [0.25, 0.3) is 0 Å². The summed E-state index contributed by atoms with van der Waals surface area (Å²) in [6.07, 6.45) is -0.488. The summed E-state index contributed by atoms with van der Waals surface area (Å²) >= 11 is 0. The van der Waals surface area contributed by atoms with Crippen molar-refractivity contribution in [1.82, 2.24) is 0 Å². The van der Waals surface area contributed by atoms with E-state index in [0.717, 1.165) is 0 Å². The predicted octanol–water partition coefficient (Wildman–Crippen LogP) is 0.891. The van der Waals surface area contributed by atoms with Crippen molar-refractivity contribution in [2.45, 2.75) is 33.3 Å². The van der Waals surface area contributed by atoms with Crippen LogP contribution >= 0.6 is 0 Å². The summed E-state index contributed by atoms with van der Waals surface area (Å²) in [7, 11) is 0. The summed E-state index contributed by atoms with van der Waals surface area (Å²) < 4.78 is 9.28. The summed E-state index contributed by atoms with van der Waals surface area (Å²) in [6, 6.07) is 0. The standard InChI is InChI=1S/C8H14O4/c1-4-11-7(9)5-8(10)12-6(2)3/h6H,4-5H2,1-3H3. The first-order chi connectivity index (χ1) is 5.56. The highest BCUT2D eigenvalue weighted by Gasteiger charge is 2.12. The van der Waals surface area contributed by atoms with Gasteiger partial charge in [0.1, 0.15) is 6.42 Å². The molecule has 70 valence electrons. The molecule has 0 rings (SSSR count). The lowest BCUT2D eigenvalue weighted by Gasteiger charge is -2.06. The lowest BCUT2D eigenvalue weighted by atomic mass is 10.4. The fourth-order valence-corrected chi connectivity index (χ4v) is 0.634. The van der Waals surface area contributed by atoms with Crippen LogP contribution in [0.1, 0.15) is 27.2 Å². The van der Waals surface area contributed by atoms with Crippen molar-refractivity contribution in [3.05, 3.63) is 0 Å². The number of ether oxygens (including phenoxy) is 2. The minimum absolute atomic E-state index is 0.188. The van der Waals surface area contributed by atoms with Crippen LogP contribution in [-0.2, 0) is 19.1 Å². The Kier molecular flexibility index (Phi) is 5.08. The van der Waals surface area contributed by atoms with Crippen molar-refractivity contribution in [3.8, 4) is 0 Å². The molecule has 0 aromatic heterocycles. The van der Waals surface area contributed by atoms with Crippen LogP contribution in [0.15, 0.2) is 0 Å². The Bertz CT molecular complexity index is 162. The van der Waals surface area contributed by atoms with Crippen LogP contribution in [0.2, 0.25) is 0 Å². The molecule has 0 saturated heterocycles. The smallest absolute Gasteiger partial charge is 0.317 e. The van der Waals surface area contributed by atoms with Crippen molar-refractivity contribution in [2.24, 2.45) is 0 Å². The van der Waals surface area contributed by atoms with E-state index >= 15 is 0 Å². The van der Waals surface area contributed by atoms with Crippen LogP contribution in [0.4, 0.5) is 0 Å². The normalized spacial score (nSPS) is 9.67. The molecule has 0 atom stereocenters. The number of carbonyl (C=O) groups excluding carboxylic acids is 2. The number of esters is 2. The second kappa shape index (κ2) is 5.57. The molecule has 0 saturated carbocycles. The van der Waals surface area contributed by atoms with E-state index in [0.29, 0.717) is 0 Å². The second-order valence-electron chi connectivity index (χ2n) is 2.52. The maximum absolute atomic E-state index is 10.8. The van der Waals surface area contributed by atoms with E-state index in [9.17, 15) is 9.59 Å². The van der Waals surface area contributed by atoms with Crippen LogP contribution in [0, 0.1) is 0 Å². The highest BCUT2D eigenvalue weighted by molar-refractivity contribution is 5.91. The van der Waals surface area contributed by atoms with Crippen molar-refractivity contribution in [2.75, 3.05) is 6.61 Å². The molecule has 0 N–H and O–H groups in total. The summed E-state index contributed by atoms with van der Waals surface area (Å²) in [5, 5.41) is 0. The van der Waals surface area contributed by atoms with Crippen LogP contribution < -0.4 is 0 Å². The molecule has 12 heavy (non-hydrogen) atoms. The molecule has 0 aliphatic heterocycles. The van der Waals surface area contributed by atoms with Gasteiger partial charge in [0.2, 0.25) is 0 Å². The molecule has 0 unspecified atom stereocenters. The lowest BCUT2D eigenvalue weighted by Crippen LogP contribution is -2.17. The molecule has 0 aliphatic rings. The zero-order valence-electron chi connectivity index (χ0n) is 7.62. The Balaban J connectivity index is 3.62. The number of carbonyl (C=O) groups is 2. The molecule has 4 nitrogen and oxygen atoms in total. The first-order valence-electron chi connectivity index (χ1n) is 3.91. The van der Waals surface area contributed by atoms with Gasteiger partial charge in [-0.25, -0.2) is 0 Å². The number of hydrogen-bond acceptors (Lipinski definition) is 4. The molecular weight excluding hydrogens is 160 g/mol. The summed E-state index contributed by atoms with van der Waals surface area (Å²) in [5.74, 6) is -1.08. The Labute approximate surface area is 71.8 Å². The van der Waals surface area contributed by atoms with Gasteiger partial charge >= 0.3 is 11.9 Å². The fraction of sp³-hybridized carbons (Fsp3) is 0.750. The van der Waals surface area contributed by atoms with Gasteiger partial charge in [0.15, 0.2) is 0 Å². The van der Waals surface area contributed by atoms with Gasteiger partial charge in [-0.2, -0.15) is 0 Å². The van der Waals surface area contributed by atoms with Gasteiger partial charge in [-0.05, 0) is 20.8 Å². The van der Waals surface area contributed by atoms with E-state index in [-0.39, 0.29) is 19.1 Å². The van der Waals surface area contributed by atoms with Crippen molar-refractivity contribution >= 4 is 11.9 Å². The SMILES string of the molecule is CCOC(=O)CC(=O)OC(C)C. The third-order valence-electron chi connectivity index (χ3n) is 0.961. The topological polar surface area (TPSA) is 52.6 Å². The Morgan fingerprint density at radius 1 is 1.25 bits per heavy atom. The van der Waals surface area contributed by atoms with Gasteiger partial charge in [-0.15, -0.1) is 0 Å². The van der Waals surface area contributed by atoms with Crippen molar-refractivity contribution < 1.29 is 19.1 Å². The third-order valence-corrected chi connectivity index (χ3v) is 0.961. The largest absolute Gasteiger partial charge is 0.466 e. The van der Waals surface area contributed by atoms with E-state index in [1.807, 2.05) is 0 Å². The van der Waals surface area contributed by atoms with Crippen molar-refractivity contribution in [1.29, 1.82) is 0 Å². The van der Waals surface area contributed by atoms with Crippen molar-refractivity contribution in [3.63, 3.8) is 0 Å². The number of rotatable bonds is 4. The monoisotopic (exact) mass is 174 g/mol. The average Bonchev–Trinajstić information content (AvgIpc) is 1.84. The van der Waals surface area contributed by atoms with Gasteiger partial charge in [-0.1, -0.05) is 0 Å². The zero-order valence-corrected chi connectivity index (χ0v) is 7.62.